The van der Waals surface area contributed by atoms with E-state index in [0.29, 0.717) is 17.5 Å². The summed E-state index contributed by atoms with van der Waals surface area (Å²) in [6.45, 7) is 0. The molecule has 0 unspecified atom stereocenters. The lowest BCUT2D eigenvalue weighted by atomic mass is 10.0. The molecule has 0 saturated carbocycles. The van der Waals surface area contributed by atoms with Gasteiger partial charge in [0.25, 0.3) is 0 Å². The van der Waals surface area contributed by atoms with E-state index in [1.807, 2.05) is 11.3 Å². The highest BCUT2D eigenvalue weighted by Crippen LogP contribution is 2.42. The molecule has 7 aromatic carbocycles. The molecule has 0 bridgehead atoms. The molecule has 0 radical (unpaired) electrons. The molecule has 0 aliphatic rings. The zero-order valence-corrected chi connectivity index (χ0v) is 28.7. The number of para-hydroxylation sites is 2. The Morgan fingerprint density at radius 1 is 0.373 bits per heavy atom. The summed E-state index contributed by atoms with van der Waals surface area (Å²) in [5, 5.41) is 7.15. The van der Waals surface area contributed by atoms with Crippen molar-refractivity contribution in [3.8, 4) is 39.9 Å². The maximum absolute atomic E-state index is 5.35. The van der Waals surface area contributed by atoms with E-state index in [0.717, 1.165) is 44.2 Å². The highest BCUT2D eigenvalue weighted by Gasteiger charge is 2.21. The molecule has 0 saturated heterocycles. The maximum atomic E-state index is 5.35. The topological polar surface area (TPSA) is 43.6 Å². The quantitative estimate of drug-likeness (QED) is 0.185. The molecular weight excluding hydrogens is 661 g/mol. The SMILES string of the molecule is c1ccc(-n2c3ccccc3c3c(-c4nc(-c5ccc6sc7ccccc7c6c5)nc(-c5cccc6sc7ccccc7c56)n4)cccc32)cc1. The summed E-state index contributed by atoms with van der Waals surface area (Å²) >= 11 is 3.62. The van der Waals surface area contributed by atoms with E-state index in [1.54, 1.807) is 11.3 Å². The second kappa shape index (κ2) is 11.2. The van der Waals surface area contributed by atoms with Crippen LogP contribution in [0.5, 0.6) is 0 Å². The van der Waals surface area contributed by atoms with Gasteiger partial charge in [-0.15, -0.1) is 22.7 Å². The van der Waals surface area contributed by atoms with Crippen LogP contribution in [0.2, 0.25) is 0 Å². The number of thiophene rings is 2. The lowest BCUT2D eigenvalue weighted by Crippen LogP contribution is -2.01. The van der Waals surface area contributed by atoms with Gasteiger partial charge < -0.3 is 4.57 Å². The second-order valence-corrected chi connectivity index (χ2v) is 14.9. The summed E-state index contributed by atoms with van der Waals surface area (Å²) in [6.07, 6.45) is 0. The van der Waals surface area contributed by atoms with Gasteiger partial charge in [0.15, 0.2) is 17.5 Å². The molecule has 6 heteroatoms. The Labute approximate surface area is 300 Å². The van der Waals surface area contributed by atoms with Crippen molar-refractivity contribution < 1.29 is 0 Å². The Bertz CT molecular complexity index is 3150. The van der Waals surface area contributed by atoms with Crippen LogP contribution in [0.25, 0.3) is 102 Å². The van der Waals surface area contributed by atoms with Gasteiger partial charge in [0.2, 0.25) is 0 Å². The predicted octanol–water partition coefficient (Wildman–Crippen LogP) is 12.7. The normalized spacial score (nSPS) is 11.9. The molecule has 0 aliphatic heterocycles. The van der Waals surface area contributed by atoms with Crippen LogP contribution >= 0.6 is 22.7 Å². The molecular formula is C45H26N4S2. The van der Waals surface area contributed by atoms with Gasteiger partial charge in [-0.2, -0.15) is 0 Å². The van der Waals surface area contributed by atoms with Crippen molar-refractivity contribution in [2.24, 2.45) is 0 Å². The molecule has 0 atom stereocenters. The summed E-state index contributed by atoms with van der Waals surface area (Å²) in [5.41, 5.74) is 6.33. The Balaban J connectivity index is 1.22. The Morgan fingerprint density at radius 3 is 1.76 bits per heavy atom. The van der Waals surface area contributed by atoms with Crippen LogP contribution in [0.3, 0.4) is 0 Å². The third kappa shape index (κ3) is 4.40. The molecule has 4 nitrogen and oxygen atoms in total. The molecule has 4 aromatic heterocycles. The van der Waals surface area contributed by atoms with Gasteiger partial charge in [0.05, 0.1) is 11.0 Å². The number of aromatic nitrogens is 4. The monoisotopic (exact) mass is 686 g/mol. The lowest BCUT2D eigenvalue weighted by molar-refractivity contribution is 1.08. The first kappa shape index (κ1) is 28.6. The second-order valence-electron chi connectivity index (χ2n) is 12.8. The van der Waals surface area contributed by atoms with E-state index < -0.39 is 0 Å². The van der Waals surface area contributed by atoms with Gasteiger partial charge in [0.1, 0.15) is 0 Å². The van der Waals surface area contributed by atoms with Crippen molar-refractivity contribution in [1.82, 2.24) is 19.5 Å². The first-order chi connectivity index (χ1) is 25.3. The van der Waals surface area contributed by atoms with Crippen molar-refractivity contribution in [3.05, 3.63) is 158 Å². The largest absolute Gasteiger partial charge is 0.309 e. The van der Waals surface area contributed by atoms with Crippen LogP contribution < -0.4 is 0 Å². The van der Waals surface area contributed by atoms with Crippen molar-refractivity contribution in [2.45, 2.75) is 0 Å². The Hall–Kier alpha value is -6.21. The third-order valence-electron chi connectivity index (χ3n) is 9.87. The van der Waals surface area contributed by atoms with Gasteiger partial charge in [0, 0.05) is 73.5 Å². The zero-order valence-electron chi connectivity index (χ0n) is 27.1. The Morgan fingerprint density at radius 2 is 0.941 bits per heavy atom. The number of benzene rings is 7. The van der Waals surface area contributed by atoms with Gasteiger partial charge in [-0.25, -0.2) is 15.0 Å². The van der Waals surface area contributed by atoms with Gasteiger partial charge in [-0.3, -0.25) is 0 Å². The van der Waals surface area contributed by atoms with E-state index in [2.05, 4.69) is 162 Å². The number of rotatable bonds is 4. The molecule has 11 rings (SSSR count). The fraction of sp³-hybridized carbons (Fsp3) is 0. The first-order valence-electron chi connectivity index (χ1n) is 16.9. The summed E-state index contributed by atoms with van der Waals surface area (Å²) < 4.78 is 7.34. The van der Waals surface area contributed by atoms with E-state index in [4.69, 9.17) is 15.0 Å². The van der Waals surface area contributed by atoms with Gasteiger partial charge in [-0.05, 0) is 60.7 Å². The molecule has 51 heavy (non-hydrogen) atoms. The smallest absolute Gasteiger partial charge is 0.164 e. The average molecular weight is 687 g/mol. The number of nitrogens with zero attached hydrogens (tertiary/aromatic N) is 4. The fourth-order valence-electron chi connectivity index (χ4n) is 7.63. The zero-order chi connectivity index (χ0) is 33.5. The third-order valence-corrected chi connectivity index (χ3v) is 12.2. The van der Waals surface area contributed by atoms with E-state index in [9.17, 15) is 0 Å². The minimum atomic E-state index is 0.656. The molecule has 0 fully saturated rings. The van der Waals surface area contributed by atoms with Gasteiger partial charge in [-0.1, -0.05) is 97.1 Å². The van der Waals surface area contributed by atoms with Crippen LogP contribution in [0.4, 0.5) is 0 Å². The lowest BCUT2D eigenvalue weighted by Gasteiger charge is -2.11. The molecule has 11 aromatic rings. The fourth-order valence-corrected chi connectivity index (χ4v) is 9.85. The van der Waals surface area contributed by atoms with E-state index >= 15 is 0 Å². The maximum Gasteiger partial charge on any atom is 0.164 e. The molecule has 0 aliphatic carbocycles. The van der Waals surface area contributed by atoms with E-state index in [1.165, 1.54) is 40.3 Å². The molecule has 4 heterocycles. The average Bonchev–Trinajstić information content (AvgIpc) is 3.87. The Kier molecular flexibility index (Phi) is 6.26. The minimum absolute atomic E-state index is 0.656. The number of hydrogen-bond acceptors (Lipinski definition) is 5. The molecule has 238 valence electrons. The predicted molar refractivity (Wildman–Crippen MR) is 216 cm³/mol. The standard InChI is InChI=1S/C45H26N4S2/c1-2-12-28(13-3-1)49-35-19-7-4-15-30(35)41-32(17-10-20-36(41)49)44-46-43(27-24-25-39-34(26-27)29-14-5-8-21-37(29)50-39)47-45(48-44)33-18-11-23-40-42(33)31-16-6-9-22-38(31)51-40/h1-26H. The molecule has 0 amide bonds. The van der Waals surface area contributed by atoms with Crippen LogP contribution in [0, 0.1) is 0 Å². The van der Waals surface area contributed by atoms with Crippen molar-refractivity contribution in [2.75, 3.05) is 0 Å². The highest BCUT2D eigenvalue weighted by molar-refractivity contribution is 7.26. The summed E-state index contributed by atoms with van der Waals surface area (Å²) in [4.78, 5) is 15.9. The first-order valence-corrected chi connectivity index (χ1v) is 18.6. The van der Waals surface area contributed by atoms with Crippen LogP contribution in [0.1, 0.15) is 0 Å². The van der Waals surface area contributed by atoms with Crippen LogP contribution in [-0.4, -0.2) is 19.5 Å². The number of hydrogen-bond donors (Lipinski definition) is 0. The van der Waals surface area contributed by atoms with Crippen molar-refractivity contribution in [1.29, 1.82) is 0 Å². The van der Waals surface area contributed by atoms with Crippen molar-refractivity contribution in [3.63, 3.8) is 0 Å². The molecule has 0 N–H and O–H groups in total. The molecule has 0 spiro atoms. The van der Waals surface area contributed by atoms with Crippen LogP contribution in [0.15, 0.2) is 158 Å². The van der Waals surface area contributed by atoms with Crippen LogP contribution in [-0.2, 0) is 0 Å². The summed E-state index contributed by atoms with van der Waals surface area (Å²) in [6, 6.07) is 56.0. The number of fused-ring (bicyclic) bond motifs is 9. The van der Waals surface area contributed by atoms with Crippen molar-refractivity contribution >= 4 is 84.8 Å². The highest BCUT2D eigenvalue weighted by atomic mass is 32.1. The van der Waals surface area contributed by atoms with Gasteiger partial charge >= 0.3 is 0 Å². The minimum Gasteiger partial charge on any atom is -0.309 e. The summed E-state index contributed by atoms with van der Waals surface area (Å²) in [7, 11) is 0. The summed E-state index contributed by atoms with van der Waals surface area (Å²) in [5.74, 6) is 1.99. The van der Waals surface area contributed by atoms with E-state index in [-0.39, 0.29) is 0 Å².